The van der Waals surface area contributed by atoms with Crippen molar-refractivity contribution in [3.8, 4) is 5.75 Å². The summed E-state index contributed by atoms with van der Waals surface area (Å²) in [4.78, 5) is 4.68. The van der Waals surface area contributed by atoms with Gasteiger partial charge < -0.3 is 9.47 Å². The van der Waals surface area contributed by atoms with E-state index < -0.39 is 0 Å². The molecule has 0 saturated carbocycles. The normalized spacial score (nSPS) is 18.1. The Morgan fingerprint density at radius 1 is 1.38 bits per heavy atom. The fraction of sp³-hybridized carbons (Fsp3) is 0.500. The quantitative estimate of drug-likeness (QED) is 0.847. The number of methoxy groups -OCH3 is 1. The first kappa shape index (κ1) is 14.1. The Morgan fingerprint density at radius 2 is 2.24 bits per heavy atom. The van der Waals surface area contributed by atoms with Gasteiger partial charge in [0.15, 0.2) is 5.82 Å². The van der Waals surface area contributed by atoms with E-state index in [4.69, 9.17) is 9.47 Å². The highest BCUT2D eigenvalue weighted by atomic mass is 16.5. The smallest absolute Gasteiger partial charge is 0.150 e. The second-order valence-electron chi connectivity index (χ2n) is 5.25. The lowest BCUT2D eigenvalue weighted by molar-refractivity contribution is 0.184. The number of ether oxygens (including phenoxy) is 2. The van der Waals surface area contributed by atoms with Crippen LogP contribution >= 0.6 is 0 Å². The van der Waals surface area contributed by atoms with E-state index in [1.165, 1.54) is 0 Å². The minimum absolute atomic E-state index is 0.308. The van der Waals surface area contributed by atoms with Crippen molar-refractivity contribution < 1.29 is 9.47 Å². The van der Waals surface area contributed by atoms with Gasteiger partial charge in [-0.25, -0.2) is 9.67 Å². The van der Waals surface area contributed by atoms with Crippen molar-refractivity contribution in [2.24, 2.45) is 0 Å². The number of rotatable bonds is 5. The Morgan fingerprint density at radius 3 is 2.95 bits per heavy atom. The number of aromatic nitrogens is 3. The van der Waals surface area contributed by atoms with Gasteiger partial charge in [-0.2, -0.15) is 5.10 Å². The van der Waals surface area contributed by atoms with E-state index in [1.54, 1.807) is 7.11 Å². The average molecular weight is 287 g/mol. The van der Waals surface area contributed by atoms with Gasteiger partial charge in [0.25, 0.3) is 0 Å². The summed E-state index contributed by atoms with van der Waals surface area (Å²) in [6.45, 7) is 3.61. The first-order valence-corrected chi connectivity index (χ1v) is 7.45. The molecule has 21 heavy (non-hydrogen) atoms. The molecule has 2 aromatic rings. The molecule has 1 aromatic carbocycles. The first-order chi connectivity index (χ1) is 10.3. The molecular weight excluding hydrogens is 266 g/mol. The number of hydrogen-bond acceptors (Lipinski definition) is 4. The maximum atomic E-state index is 5.49. The second-order valence-corrected chi connectivity index (χ2v) is 5.25. The molecule has 0 spiro atoms. The molecule has 0 N–H and O–H groups in total. The van der Waals surface area contributed by atoms with Gasteiger partial charge in [0.2, 0.25) is 0 Å². The highest BCUT2D eigenvalue weighted by molar-refractivity contribution is 5.35. The third-order valence-corrected chi connectivity index (χ3v) is 3.85. The van der Waals surface area contributed by atoms with E-state index in [0.717, 1.165) is 55.4 Å². The molecule has 0 bridgehead atoms. The first-order valence-electron chi connectivity index (χ1n) is 7.45. The predicted molar refractivity (Wildman–Crippen MR) is 79.7 cm³/mol. The summed E-state index contributed by atoms with van der Waals surface area (Å²) < 4.78 is 13.0. The van der Waals surface area contributed by atoms with Crippen molar-refractivity contribution in [1.82, 2.24) is 14.8 Å². The largest absolute Gasteiger partial charge is 0.496 e. The number of nitrogens with zero attached hydrogens (tertiary/aromatic N) is 3. The van der Waals surface area contributed by atoms with Crippen LogP contribution in [0.5, 0.6) is 5.75 Å². The van der Waals surface area contributed by atoms with Gasteiger partial charge in [-0.1, -0.05) is 25.1 Å². The minimum Gasteiger partial charge on any atom is -0.496 e. The molecule has 1 saturated heterocycles. The van der Waals surface area contributed by atoms with Crippen LogP contribution < -0.4 is 4.74 Å². The summed E-state index contributed by atoms with van der Waals surface area (Å²) in [6.07, 6.45) is 2.58. The standard InChI is InChI=1S/C16H21N3O2/c1-3-15-17-16(19(18-15)13-8-9-21-11-13)10-12-6-4-5-7-14(12)20-2/h4-7,13H,3,8-11H2,1-2H3. The van der Waals surface area contributed by atoms with Crippen LogP contribution in [0, 0.1) is 0 Å². The zero-order chi connectivity index (χ0) is 14.7. The summed E-state index contributed by atoms with van der Waals surface area (Å²) in [7, 11) is 1.70. The van der Waals surface area contributed by atoms with Gasteiger partial charge in [-0.3, -0.25) is 0 Å². The molecule has 112 valence electrons. The van der Waals surface area contributed by atoms with Crippen LogP contribution in [-0.4, -0.2) is 35.1 Å². The summed E-state index contributed by atoms with van der Waals surface area (Å²) in [6, 6.07) is 8.37. The molecule has 5 heteroatoms. The van der Waals surface area contributed by atoms with E-state index in [1.807, 2.05) is 18.2 Å². The third kappa shape index (κ3) is 2.93. The van der Waals surface area contributed by atoms with E-state index >= 15 is 0 Å². The SMILES string of the molecule is CCc1nc(Cc2ccccc2OC)n(C2CCOC2)n1. The summed E-state index contributed by atoms with van der Waals surface area (Å²) in [5.74, 6) is 2.78. The van der Waals surface area contributed by atoms with E-state index in [9.17, 15) is 0 Å². The van der Waals surface area contributed by atoms with Gasteiger partial charge in [0.1, 0.15) is 11.6 Å². The van der Waals surface area contributed by atoms with Gasteiger partial charge in [0, 0.05) is 25.0 Å². The Balaban J connectivity index is 1.91. The Hall–Kier alpha value is -1.88. The molecule has 3 rings (SSSR count). The van der Waals surface area contributed by atoms with Gasteiger partial charge >= 0.3 is 0 Å². The molecule has 5 nitrogen and oxygen atoms in total. The van der Waals surface area contributed by atoms with E-state index in [-0.39, 0.29) is 0 Å². The van der Waals surface area contributed by atoms with Crippen molar-refractivity contribution in [3.05, 3.63) is 41.5 Å². The second kappa shape index (κ2) is 6.26. The van der Waals surface area contributed by atoms with Crippen molar-refractivity contribution in [1.29, 1.82) is 0 Å². The zero-order valence-electron chi connectivity index (χ0n) is 12.6. The predicted octanol–water partition coefficient (Wildman–Crippen LogP) is 2.40. The van der Waals surface area contributed by atoms with Crippen LogP contribution in [0.1, 0.15) is 36.6 Å². The molecule has 1 atom stereocenters. The maximum Gasteiger partial charge on any atom is 0.150 e. The van der Waals surface area contributed by atoms with Crippen LogP contribution in [0.3, 0.4) is 0 Å². The summed E-state index contributed by atoms with van der Waals surface area (Å²) in [5, 5.41) is 4.65. The lowest BCUT2D eigenvalue weighted by Crippen LogP contribution is -2.14. The van der Waals surface area contributed by atoms with Gasteiger partial charge in [-0.15, -0.1) is 0 Å². The zero-order valence-corrected chi connectivity index (χ0v) is 12.6. The minimum atomic E-state index is 0.308. The molecule has 1 aliphatic heterocycles. The lowest BCUT2D eigenvalue weighted by Gasteiger charge is -2.12. The average Bonchev–Trinajstić information content (AvgIpc) is 3.16. The Kier molecular flexibility index (Phi) is 4.20. The van der Waals surface area contributed by atoms with Crippen LogP contribution in [0.2, 0.25) is 0 Å². The molecule has 1 aliphatic rings. The highest BCUT2D eigenvalue weighted by Gasteiger charge is 2.23. The van der Waals surface area contributed by atoms with Crippen LogP contribution in [0.4, 0.5) is 0 Å². The maximum absolute atomic E-state index is 5.49. The lowest BCUT2D eigenvalue weighted by atomic mass is 10.1. The molecule has 0 radical (unpaired) electrons. The number of benzene rings is 1. The van der Waals surface area contributed by atoms with Crippen LogP contribution in [-0.2, 0) is 17.6 Å². The molecule has 2 heterocycles. The fourth-order valence-electron chi connectivity index (χ4n) is 2.70. The van der Waals surface area contributed by atoms with E-state index in [0.29, 0.717) is 6.04 Å². The van der Waals surface area contributed by atoms with Crippen molar-refractivity contribution >= 4 is 0 Å². The Labute approximate surface area is 124 Å². The van der Waals surface area contributed by atoms with Crippen molar-refractivity contribution in [2.75, 3.05) is 20.3 Å². The molecule has 0 amide bonds. The van der Waals surface area contributed by atoms with E-state index in [2.05, 4.69) is 27.8 Å². The van der Waals surface area contributed by atoms with Crippen molar-refractivity contribution in [2.45, 2.75) is 32.2 Å². The number of para-hydroxylation sites is 1. The topological polar surface area (TPSA) is 49.2 Å². The molecule has 1 aromatic heterocycles. The van der Waals surface area contributed by atoms with Crippen LogP contribution in [0.25, 0.3) is 0 Å². The molecule has 0 aliphatic carbocycles. The monoisotopic (exact) mass is 287 g/mol. The number of aryl methyl sites for hydroxylation is 1. The number of hydrogen-bond donors (Lipinski definition) is 0. The molecule has 1 unspecified atom stereocenters. The van der Waals surface area contributed by atoms with Crippen molar-refractivity contribution in [3.63, 3.8) is 0 Å². The molecular formula is C16H21N3O2. The van der Waals surface area contributed by atoms with Crippen LogP contribution in [0.15, 0.2) is 24.3 Å². The molecule has 1 fully saturated rings. The van der Waals surface area contributed by atoms with Gasteiger partial charge in [-0.05, 0) is 12.5 Å². The summed E-state index contributed by atoms with van der Waals surface area (Å²) in [5.41, 5.74) is 1.13. The fourth-order valence-corrected chi connectivity index (χ4v) is 2.70. The Bertz CT molecular complexity index is 603. The highest BCUT2D eigenvalue weighted by Crippen LogP contribution is 2.24. The third-order valence-electron chi connectivity index (χ3n) is 3.85. The van der Waals surface area contributed by atoms with Gasteiger partial charge in [0.05, 0.1) is 19.8 Å². The summed E-state index contributed by atoms with van der Waals surface area (Å²) >= 11 is 0.